The number of benzene rings is 1. The zero-order valence-corrected chi connectivity index (χ0v) is 16.8. The number of halogens is 1. The highest BCUT2D eigenvalue weighted by atomic mass is 35.5. The first-order valence-corrected chi connectivity index (χ1v) is 9.90. The molecule has 0 unspecified atom stereocenters. The first-order valence-electron chi connectivity index (χ1n) is 8.64. The van der Waals surface area contributed by atoms with Crippen LogP contribution in [0.15, 0.2) is 58.5 Å². The summed E-state index contributed by atoms with van der Waals surface area (Å²) in [7, 11) is 1.72. The van der Waals surface area contributed by atoms with E-state index in [0.29, 0.717) is 26.9 Å². The molecule has 8 heteroatoms. The molecular formula is C21H15ClN2O4S. The van der Waals surface area contributed by atoms with Gasteiger partial charge in [-0.15, -0.1) is 11.3 Å². The van der Waals surface area contributed by atoms with Crippen LogP contribution in [-0.2, 0) is 13.5 Å². The lowest BCUT2D eigenvalue weighted by Gasteiger charge is -2.03. The molecule has 1 N–H and O–H groups in total. The molecule has 0 saturated carbocycles. The van der Waals surface area contributed by atoms with Crippen molar-refractivity contribution in [1.82, 2.24) is 9.78 Å². The van der Waals surface area contributed by atoms with Gasteiger partial charge in [-0.3, -0.25) is 9.48 Å². The lowest BCUT2D eigenvalue weighted by atomic mass is 10.0. The molecule has 3 aromatic heterocycles. The molecule has 4 rings (SSSR count). The highest BCUT2D eigenvalue weighted by Crippen LogP contribution is 2.34. The number of carbonyl (C=O) groups is 2. The van der Waals surface area contributed by atoms with E-state index in [4.69, 9.17) is 16.0 Å². The van der Waals surface area contributed by atoms with Crippen LogP contribution in [0, 0.1) is 0 Å². The van der Waals surface area contributed by atoms with Crippen LogP contribution in [0.1, 0.15) is 26.4 Å². The van der Waals surface area contributed by atoms with Gasteiger partial charge < -0.3 is 9.52 Å². The average molecular weight is 427 g/mol. The third-order valence-corrected chi connectivity index (χ3v) is 5.81. The number of ketones is 1. The van der Waals surface area contributed by atoms with Crippen LogP contribution in [0.25, 0.3) is 21.9 Å². The molecule has 6 nitrogen and oxygen atoms in total. The number of thiophene rings is 1. The minimum Gasteiger partial charge on any atom is -0.478 e. The van der Waals surface area contributed by atoms with E-state index in [-0.39, 0.29) is 23.5 Å². The first kappa shape index (κ1) is 19.2. The number of rotatable bonds is 6. The fourth-order valence-corrected chi connectivity index (χ4v) is 4.29. The summed E-state index contributed by atoms with van der Waals surface area (Å²) in [5.41, 5.74) is 2.27. The summed E-state index contributed by atoms with van der Waals surface area (Å²) in [6.07, 6.45) is 1.49. The van der Waals surface area contributed by atoms with Crippen molar-refractivity contribution in [3.63, 3.8) is 0 Å². The summed E-state index contributed by atoms with van der Waals surface area (Å²) in [6.45, 7) is 0. The molecule has 3 heterocycles. The van der Waals surface area contributed by atoms with Gasteiger partial charge in [-0.05, 0) is 46.8 Å². The zero-order chi connectivity index (χ0) is 20.5. The summed E-state index contributed by atoms with van der Waals surface area (Å²) < 4.78 is 6.93. The van der Waals surface area contributed by atoms with Gasteiger partial charge in [0.05, 0.1) is 11.8 Å². The average Bonchev–Trinajstić information content (AvgIpc) is 3.41. The Kier molecular flexibility index (Phi) is 5.08. The van der Waals surface area contributed by atoms with Crippen LogP contribution in [0.2, 0.25) is 5.02 Å². The minimum atomic E-state index is -1.07. The van der Waals surface area contributed by atoms with Crippen LogP contribution in [0.4, 0.5) is 0 Å². The van der Waals surface area contributed by atoms with Gasteiger partial charge >= 0.3 is 5.97 Å². The molecule has 0 radical (unpaired) electrons. The molecule has 0 bridgehead atoms. The number of hydrogen-bond acceptors (Lipinski definition) is 5. The van der Waals surface area contributed by atoms with E-state index in [1.807, 2.05) is 0 Å². The number of aryl methyl sites for hydroxylation is 1. The van der Waals surface area contributed by atoms with Gasteiger partial charge in [0.2, 0.25) is 0 Å². The quantitative estimate of drug-likeness (QED) is 0.429. The smallest absolute Gasteiger partial charge is 0.337 e. The van der Waals surface area contributed by atoms with Gasteiger partial charge in [-0.25, -0.2) is 4.79 Å². The fraction of sp³-hybridized carbons (Fsp3) is 0.0952. The maximum Gasteiger partial charge on any atom is 0.337 e. The number of carbonyl (C=O) groups excluding carboxylic acids is 1. The lowest BCUT2D eigenvalue weighted by Crippen LogP contribution is -2.09. The Balaban J connectivity index is 1.64. The van der Waals surface area contributed by atoms with E-state index in [1.165, 1.54) is 11.3 Å². The maximum atomic E-state index is 12.8. The van der Waals surface area contributed by atoms with Crippen molar-refractivity contribution in [3.8, 4) is 21.9 Å². The van der Waals surface area contributed by atoms with Crippen LogP contribution >= 0.6 is 22.9 Å². The first-order chi connectivity index (χ1) is 13.9. The predicted molar refractivity (Wildman–Crippen MR) is 111 cm³/mol. The molecule has 0 saturated heterocycles. The SMILES string of the molecule is Cn1nc(C(=O)Cc2csc(-c3ccc(Cl)cc3)c2C(=O)O)cc1-c1ccco1. The Hall–Kier alpha value is -3.16. The molecule has 29 heavy (non-hydrogen) atoms. The molecule has 0 fully saturated rings. The van der Waals surface area contributed by atoms with Crippen LogP contribution in [0.3, 0.4) is 0 Å². The van der Waals surface area contributed by atoms with Crippen LogP contribution < -0.4 is 0 Å². The predicted octanol–water partition coefficient (Wildman–Crippen LogP) is 5.19. The molecule has 0 atom stereocenters. The number of hydrogen-bond donors (Lipinski definition) is 1. The van der Waals surface area contributed by atoms with E-state index in [1.54, 1.807) is 65.8 Å². The standard InChI is InChI=1S/C21H15ClN2O4S/c1-24-16(18-3-2-8-28-18)10-15(23-24)17(25)9-13-11-29-20(19(13)21(26)27)12-4-6-14(22)7-5-12/h2-8,10-11H,9H2,1H3,(H,26,27). The molecule has 0 amide bonds. The summed E-state index contributed by atoms with van der Waals surface area (Å²) in [5.74, 6) is -0.733. The van der Waals surface area contributed by atoms with E-state index in [0.717, 1.165) is 5.56 Å². The Morgan fingerprint density at radius 2 is 2.00 bits per heavy atom. The molecule has 1 aromatic carbocycles. The van der Waals surface area contributed by atoms with Gasteiger partial charge in [0.15, 0.2) is 11.5 Å². The van der Waals surface area contributed by atoms with Crippen molar-refractivity contribution in [2.24, 2.45) is 7.05 Å². The monoisotopic (exact) mass is 426 g/mol. The molecule has 0 aliphatic heterocycles. The highest BCUT2D eigenvalue weighted by Gasteiger charge is 2.23. The van der Waals surface area contributed by atoms with Crippen molar-refractivity contribution >= 4 is 34.7 Å². The summed E-state index contributed by atoms with van der Waals surface area (Å²) in [5, 5.41) is 16.3. The topological polar surface area (TPSA) is 85.3 Å². The normalized spacial score (nSPS) is 11.0. The summed E-state index contributed by atoms with van der Waals surface area (Å²) in [4.78, 5) is 25.3. The number of aromatic carboxylic acids is 1. The third-order valence-electron chi connectivity index (χ3n) is 4.48. The largest absolute Gasteiger partial charge is 0.478 e. The molecule has 0 spiro atoms. The summed E-state index contributed by atoms with van der Waals surface area (Å²) in [6, 6.07) is 12.1. The molecule has 146 valence electrons. The number of Topliss-reactive ketones (excluding diaryl/α,β-unsaturated/α-hetero) is 1. The van der Waals surface area contributed by atoms with Gasteiger partial charge in [0, 0.05) is 23.4 Å². The fourth-order valence-electron chi connectivity index (χ4n) is 3.09. The number of carboxylic acid groups (broad SMARTS) is 1. The van der Waals surface area contributed by atoms with Crippen molar-refractivity contribution in [2.45, 2.75) is 6.42 Å². The second-order valence-electron chi connectivity index (χ2n) is 6.39. The third kappa shape index (κ3) is 3.74. The molecule has 4 aromatic rings. The van der Waals surface area contributed by atoms with Gasteiger partial charge in [0.25, 0.3) is 0 Å². The van der Waals surface area contributed by atoms with E-state index in [2.05, 4.69) is 5.10 Å². The lowest BCUT2D eigenvalue weighted by molar-refractivity contribution is 0.0697. The second kappa shape index (κ2) is 7.69. The van der Waals surface area contributed by atoms with Crippen molar-refractivity contribution in [1.29, 1.82) is 0 Å². The van der Waals surface area contributed by atoms with Crippen LogP contribution in [0.5, 0.6) is 0 Å². The Morgan fingerprint density at radius 1 is 1.24 bits per heavy atom. The Labute approximate surface area is 175 Å². The maximum absolute atomic E-state index is 12.8. The van der Waals surface area contributed by atoms with Gasteiger partial charge in [-0.2, -0.15) is 5.10 Å². The Morgan fingerprint density at radius 3 is 2.66 bits per heavy atom. The van der Waals surface area contributed by atoms with E-state index >= 15 is 0 Å². The number of carboxylic acids is 1. The second-order valence-corrected chi connectivity index (χ2v) is 7.71. The minimum absolute atomic E-state index is 0.0552. The highest BCUT2D eigenvalue weighted by molar-refractivity contribution is 7.14. The Bertz CT molecular complexity index is 1190. The molecule has 0 aliphatic carbocycles. The van der Waals surface area contributed by atoms with E-state index in [9.17, 15) is 14.7 Å². The van der Waals surface area contributed by atoms with Crippen LogP contribution in [-0.4, -0.2) is 26.6 Å². The van der Waals surface area contributed by atoms with E-state index < -0.39 is 5.97 Å². The number of nitrogens with zero attached hydrogens (tertiary/aromatic N) is 2. The summed E-state index contributed by atoms with van der Waals surface area (Å²) >= 11 is 7.21. The number of furan rings is 1. The van der Waals surface area contributed by atoms with Crippen molar-refractivity contribution < 1.29 is 19.1 Å². The molecule has 0 aliphatic rings. The zero-order valence-electron chi connectivity index (χ0n) is 15.3. The van der Waals surface area contributed by atoms with Gasteiger partial charge in [-0.1, -0.05) is 23.7 Å². The van der Waals surface area contributed by atoms with Crippen molar-refractivity contribution in [2.75, 3.05) is 0 Å². The molecular weight excluding hydrogens is 412 g/mol. The van der Waals surface area contributed by atoms with Crippen molar-refractivity contribution in [3.05, 3.63) is 76.0 Å². The van der Waals surface area contributed by atoms with Gasteiger partial charge in [0.1, 0.15) is 11.4 Å². The number of aromatic nitrogens is 2.